The maximum Gasteiger partial charge on any atom is 0.245 e. The zero-order valence-corrected chi connectivity index (χ0v) is 11.0. The number of allylic oxidation sites excluding steroid dienone is 4. The van der Waals surface area contributed by atoms with Gasteiger partial charge in [0.15, 0.2) is 0 Å². The SMILES string of the molecule is CCC(=O)N=c1ccn(C2C=CCC=C2)nc1.Cl. The summed E-state index contributed by atoms with van der Waals surface area (Å²) in [7, 11) is 0. The zero-order valence-electron chi connectivity index (χ0n) is 10.2. The van der Waals surface area contributed by atoms with E-state index in [1.54, 1.807) is 19.2 Å². The Morgan fingerprint density at radius 1 is 1.50 bits per heavy atom. The van der Waals surface area contributed by atoms with Crippen molar-refractivity contribution in [3.05, 3.63) is 48.1 Å². The molecule has 96 valence electrons. The van der Waals surface area contributed by atoms with E-state index in [-0.39, 0.29) is 24.4 Å². The van der Waals surface area contributed by atoms with Crippen molar-refractivity contribution in [1.82, 2.24) is 9.78 Å². The van der Waals surface area contributed by atoms with Gasteiger partial charge in [0.05, 0.1) is 17.6 Å². The Labute approximate surface area is 112 Å². The minimum Gasteiger partial charge on any atom is -0.273 e. The molecule has 0 bridgehead atoms. The Kier molecular flexibility index (Phi) is 5.52. The van der Waals surface area contributed by atoms with E-state index in [4.69, 9.17) is 0 Å². The lowest BCUT2D eigenvalue weighted by atomic mass is 10.1. The standard InChI is InChI=1S/C13H15N3O.ClH/c1-2-13(17)15-11-8-9-16(14-10-11)12-6-4-3-5-7-12;/h4-10,12H,2-3H2,1H3;1H. The van der Waals surface area contributed by atoms with E-state index < -0.39 is 0 Å². The van der Waals surface area contributed by atoms with Crippen LogP contribution in [-0.4, -0.2) is 15.7 Å². The third-order valence-corrected chi connectivity index (χ3v) is 2.52. The van der Waals surface area contributed by atoms with Gasteiger partial charge in [-0.25, -0.2) is 4.99 Å². The largest absolute Gasteiger partial charge is 0.273 e. The minimum absolute atomic E-state index is 0. The van der Waals surface area contributed by atoms with E-state index in [9.17, 15) is 4.79 Å². The van der Waals surface area contributed by atoms with Crippen molar-refractivity contribution in [2.75, 3.05) is 0 Å². The molecule has 2 rings (SSSR count). The second kappa shape index (κ2) is 6.91. The van der Waals surface area contributed by atoms with Gasteiger partial charge in [-0.15, -0.1) is 12.4 Å². The quantitative estimate of drug-likeness (QED) is 0.770. The first-order valence-electron chi connectivity index (χ1n) is 5.75. The van der Waals surface area contributed by atoms with Crippen LogP contribution in [0.5, 0.6) is 0 Å². The first kappa shape index (κ1) is 14.4. The van der Waals surface area contributed by atoms with Crippen LogP contribution in [-0.2, 0) is 4.79 Å². The van der Waals surface area contributed by atoms with Gasteiger partial charge in [0.2, 0.25) is 5.91 Å². The van der Waals surface area contributed by atoms with E-state index >= 15 is 0 Å². The molecule has 0 radical (unpaired) electrons. The lowest BCUT2D eigenvalue weighted by molar-refractivity contribution is -0.117. The number of hydrogen-bond acceptors (Lipinski definition) is 2. The maximum atomic E-state index is 11.1. The van der Waals surface area contributed by atoms with Gasteiger partial charge in [-0.3, -0.25) is 9.48 Å². The minimum atomic E-state index is -0.123. The topological polar surface area (TPSA) is 47.2 Å². The van der Waals surface area contributed by atoms with Crippen molar-refractivity contribution >= 4 is 18.3 Å². The van der Waals surface area contributed by atoms with E-state index in [1.807, 2.05) is 10.9 Å². The van der Waals surface area contributed by atoms with Crippen LogP contribution >= 0.6 is 12.4 Å². The molecule has 4 nitrogen and oxygen atoms in total. The van der Waals surface area contributed by atoms with E-state index in [0.29, 0.717) is 11.8 Å². The number of rotatable bonds is 2. The molecule has 1 heterocycles. The van der Waals surface area contributed by atoms with Crippen LogP contribution in [0.25, 0.3) is 0 Å². The molecule has 0 saturated carbocycles. The number of amides is 1. The average molecular weight is 266 g/mol. The average Bonchev–Trinajstić information content (AvgIpc) is 2.40. The molecule has 1 aliphatic carbocycles. The Bertz CT molecular complexity index is 499. The molecule has 0 spiro atoms. The lowest BCUT2D eigenvalue weighted by Crippen LogP contribution is -2.14. The number of hydrogen-bond donors (Lipinski definition) is 0. The summed E-state index contributed by atoms with van der Waals surface area (Å²) in [4.78, 5) is 15.1. The molecular formula is C13H16ClN3O. The number of carbonyl (C=O) groups excluding carboxylic acids is 1. The third-order valence-electron chi connectivity index (χ3n) is 2.52. The Morgan fingerprint density at radius 2 is 2.22 bits per heavy atom. The highest BCUT2D eigenvalue weighted by Crippen LogP contribution is 2.12. The predicted molar refractivity (Wildman–Crippen MR) is 72.3 cm³/mol. The smallest absolute Gasteiger partial charge is 0.245 e. The Hall–Kier alpha value is -1.68. The monoisotopic (exact) mass is 265 g/mol. The van der Waals surface area contributed by atoms with E-state index in [0.717, 1.165) is 6.42 Å². The molecule has 18 heavy (non-hydrogen) atoms. The van der Waals surface area contributed by atoms with Crippen LogP contribution in [0.15, 0.2) is 47.8 Å². The molecule has 5 heteroatoms. The number of aromatic nitrogens is 2. The maximum absolute atomic E-state index is 11.1. The van der Waals surface area contributed by atoms with E-state index in [2.05, 4.69) is 34.4 Å². The highest BCUT2D eigenvalue weighted by Gasteiger charge is 2.03. The summed E-state index contributed by atoms with van der Waals surface area (Å²) in [6.45, 7) is 1.79. The molecule has 0 aliphatic heterocycles. The molecule has 0 atom stereocenters. The zero-order chi connectivity index (χ0) is 12.1. The van der Waals surface area contributed by atoms with Gasteiger partial charge in [0, 0.05) is 12.6 Å². The molecule has 1 aliphatic rings. The van der Waals surface area contributed by atoms with Gasteiger partial charge in [0.25, 0.3) is 0 Å². The van der Waals surface area contributed by atoms with Crippen molar-refractivity contribution in [3.63, 3.8) is 0 Å². The van der Waals surface area contributed by atoms with Crippen molar-refractivity contribution in [2.24, 2.45) is 4.99 Å². The molecule has 0 fully saturated rings. The second-order valence-corrected chi connectivity index (χ2v) is 3.81. The third kappa shape index (κ3) is 3.67. The summed E-state index contributed by atoms with van der Waals surface area (Å²) < 4.78 is 1.83. The first-order valence-corrected chi connectivity index (χ1v) is 5.75. The van der Waals surface area contributed by atoms with Gasteiger partial charge in [0.1, 0.15) is 0 Å². The van der Waals surface area contributed by atoms with Crippen LogP contribution < -0.4 is 5.36 Å². The second-order valence-electron chi connectivity index (χ2n) is 3.81. The number of carbonyl (C=O) groups is 1. The van der Waals surface area contributed by atoms with Gasteiger partial charge in [-0.2, -0.15) is 5.10 Å². The van der Waals surface area contributed by atoms with Gasteiger partial charge >= 0.3 is 0 Å². The molecule has 1 aromatic rings. The Morgan fingerprint density at radius 3 is 2.78 bits per heavy atom. The van der Waals surface area contributed by atoms with Crippen LogP contribution in [0.4, 0.5) is 0 Å². The highest BCUT2D eigenvalue weighted by molar-refractivity contribution is 5.85. The van der Waals surface area contributed by atoms with Gasteiger partial charge in [-0.1, -0.05) is 31.2 Å². The van der Waals surface area contributed by atoms with Crippen LogP contribution in [0.1, 0.15) is 25.8 Å². The predicted octanol–water partition coefficient (Wildman–Crippen LogP) is 2.20. The van der Waals surface area contributed by atoms with Crippen LogP contribution in [0, 0.1) is 0 Å². The molecule has 1 amide bonds. The summed E-state index contributed by atoms with van der Waals surface area (Å²) >= 11 is 0. The fraction of sp³-hybridized carbons (Fsp3) is 0.308. The van der Waals surface area contributed by atoms with Gasteiger partial charge < -0.3 is 0 Å². The fourth-order valence-electron chi connectivity index (χ4n) is 1.58. The summed E-state index contributed by atoms with van der Waals surface area (Å²) in [6, 6.07) is 1.97. The van der Waals surface area contributed by atoms with Crippen LogP contribution in [0.2, 0.25) is 0 Å². The summed E-state index contributed by atoms with van der Waals surface area (Å²) in [6.07, 6.45) is 13.3. The number of nitrogens with zero attached hydrogens (tertiary/aromatic N) is 3. The van der Waals surface area contributed by atoms with Crippen molar-refractivity contribution in [1.29, 1.82) is 0 Å². The Balaban J connectivity index is 0.00000162. The normalized spacial score (nSPS) is 15.5. The lowest BCUT2D eigenvalue weighted by Gasteiger charge is -2.13. The van der Waals surface area contributed by atoms with Crippen molar-refractivity contribution < 1.29 is 4.79 Å². The fourth-order valence-corrected chi connectivity index (χ4v) is 1.58. The molecule has 0 aromatic carbocycles. The summed E-state index contributed by atoms with van der Waals surface area (Å²) in [5, 5.41) is 4.87. The highest BCUT2D eigenvalue weighted by atomic mass is 35.5. The molecule has 0 unspecified atom stereocenters. The summed E-state index contributed by atoms with van der Waals surface area (Å²) in [5.74, 6) is -0.123. The van der Waals surface area contributed by atoms with Crippen molar-refractivity contribution in [3.8, 4) is 0 Å². The first-order chi connectivity index (χ1) is 8.29. The molecular weight excluding hydrogens is 250 g/mol. The van der Waals surface area contributed by atoms with Crippen molar-refractivity contribution in [2.45, 2.75) is 25.8 Å². The van der Waals surface area contributed by atoms with Gasteiger partial charge in [-0.05, 0) is 12.5 Å². The molecule has 0 N–H and O–H groups in total. The molecule has 1 aromatic heterocycles. The number of halogens is 1. The summed E-state index contributed by atoms with van der Waals surface area (Å²) in [5.41, 5.74) is 0. The molecule has 0 saturated heterocycles. The van der Waals surface area contributed by atoms with E-state index in [1.165, 1.54) is 0 Å². The van der Waals surface area contributed by atoms with Crippen LogP contribution in [0.3, 0.4) is 0 Å².